The van der Waals surface area contributed by atoms with Gasteiger partial charge in [-0.25, -0.2) is 0 Å². The minimum Gasteiger partial charge on any atom is -0.377 e. The fourth-order valence-electron chi connectivity index (χ4n) is 1.81. The van der Waals surface area contributed by atoms with Gasteiger partial charge in [0.2, 0.25) is 5.89 Å². The van der Waals surface area contributed by atoms with Crippen molar-refractivity contribution in [3.63, 3.8) is 0 Å². The van der Waals surface area contributed by atoms with Crippen LogP contribution in [0.3, 0.4) is 0 Å². The van der Waals surface area contributed by atoms with Gasteiger partial charge in [-0.1, -0.05) is 12.1 Å². The maximum Gasteiger partial charge on any atom is 0.232 e. The van der Waals surface area contributed by atoms with Gasteiger partial charge >= 0.3 is 0 Å². The molecule has 0 saturated carbocycles. The molecule has 1 aliphatic heterocycles. The summed E-state index contributed by atoms with van der Waals surface area (Å²) in [5.74, 6) is 1.78. The highest BCUT2D eigenvalue weighted by molar-refractivity contribution is 6.16. The number of rotatable bonds is 3. The third-order valence-electron chi connectivity index (χ3n) is 2.53. The number of halogens is 1. The van der Waals surface area contributed by atoms with Crippen LogP contribution >= 0.6 is 11.6 Å². The van der Waals surface area contributed by atoms with Crippen molar-refractivity contribution < 1.29 is 9.26 Å². The van der Waals surface area contributed by atoms with Crippen molar-refractivity contribution in [1.82, 2.24) is 10.1 Å². The first kappa shape index (κ1) is 9.93. The molecule has 78 valence electrons. The van der Waals surface area contributed by atoms with E-state index in [9.17, 15) is 0 Å². The van der Waals surface area contributed by atoms with Crippen LogP contribution in [0.1, 0.15) is 37.4 Å². The summed E-state index contributed by atoms with van der Waals surface area (Å²) >= 11 is 5.60. The summed E-state index contributed by atoms with van der Waals surface area (Å²) in [4.78, 5) is 4.22. The third-order valence-corrected chi connectivity index (χ3v) is 2.77. The van der Waals surface area contributed by atoms with E-state index in [-0.39, 0.29) is 12.0 Å². The lowest BCUT2D eigenvalue weighted by atomic mass is 10.00. The Kier molecular flexibility index (Phi) is 3.03. The summed E-state index contributed by atoms with van der Waals surface area (Å²) in [5, 5.41) is 3.77. The fraction of sp³-hybridized carbons (Fsp3) is 0.778. The summed E-state index contributed by atoms with van der Waals surface area (Å²) in [6.07, 6.45) is 2.16. The Morgan fingerprint density at radius 2 is 2.43 bits per heavy atom. The van der Waals surface area contributed by atoms with Crippen molar-refractivity contribution in [2.45, 2.75) is 37.7 Å². The third kappa shape index (κ3) is 1.77. The molecule has 2 heterocycles. The van der Waals surface area contributed by atoms with Gasteiger partial charge in [0.05, 0.1) is 17.9 Å². The van der Waals surface area contributed by atoms with Crippen molar-refractivity contribution in [1.29, 1.82) is 0 Å². The van der Waals surface area contributed by atoms with Crippen molar-refractivity contribution in [2.75, 3.05) is 6.61 Å². The molecule has 0 N–H and O–H groups in total. The lowest BCUT2D eigenvalue weighted by Gasteiger charge is -2.11. The van der Waals surface area contributed by atoms with Crippen molar-refractivity contribution in [3.8, 4) is 0 Å². The average Bonchev–Trinajstić information content (AvgIpc) is 2.85. The smallest absolute Gasteiger partial charge is 0.232 e. The zero-order valence-electron chi connectivity index (χ0n) is 8.07. The maximum atomic E-state index is 5.60. The summed E-state index contributed by atoms with van der Waals surface area (Å²) in [6, 6.07) is 0. The van der Waals surface area contributed by atoms with Crippen LogP contribution in [0.25, 0.3) is 0 Å². The monoisotopic (exact) mass is 216 g/mol. The zero-order chi connectivity index (χ0) is 9.97. The minimum absolute atomic E-state index is 0.221. The lowest BCUT2D eigenvalue weighted by molar-refractivity contribution is 0.0953. The van der Waals surface area contributed by atoms with Crippen LogP contribution in [-0.4, -0.2) is 22.9 Å². The highest BCUT2D eigenvalue weighted by Gasteiger charge is 2.32. The van der Waals surface area contributed by atoms with Gasteiger partial charge in [0.25, 0.3) is 0 Å². The van der Waals surface area contributed by atoms with Gasteiger partial charge in [0, 0.05) is 6.61 Å². The van der Waals surface area contributed by atoms with Crippen LogP contribution < -0.4 is 0 Å². The van der Waals surface area contributed by atoms with Crippen molar-refractivity contribution in [2.24, 2.45) is 0 Å². The first-order valence-electron chi connectivity index (χ1n) is 4.85. The molecule has 1 fully saturated rings. The highest BCUT2D eigenvalue weighted by atomic mass is 35.5. The number of hydrogen-bond acceptors (Lipinski definition) is 4. The predicted molar refractivity (Wildman–Crippen MR) is 51.2 cm³/mol. The molecule has 0 aromatic carbocycles. The minimum atomic E-state index is 0.221. The van der Waals surface area contributed by atoms with E-state index in [0.717, 1.165) is 19.4 Å². The Morgan fingerprint density at radius 1 is 1.57 bits per heavy atom. The second-order valence-corrected chi connectivity index (χ2v) is 3.66. The van der Waals surface area contributed by atoms with Crippen LogP contribution in [0, 0.1) is 0 Å². The van der Waals surface area contributed by atoms with Gasteiger partial charge in [-0.05, 0) is 12.8 Å². The standard InChI is InChI=1S/C9H13ClN2O2/c1-2-7-6(3-4-13-7)9-11-8(5-10)12-14-9/h6-7H,2-5H2,1H3. The van der Waals surface area contributed by atoms with Gasteiger partial charge in [0.1, 0.15) is 0 Å². The average molecular weight is 217 g/mol. The molecule has 1 aliphatic rings. The van der Waals surface area contributed by atoms with E-state index in [4.69, 9.17) is 20.9 Å². The van der Waals surface area contributed by atoms with E-state index in [1.807, 2.05) is 0 Å². The molecule has 5 heteroatoms. The summed E-state index contributed by atoms with van der Waals surface area (Å²) in [6.45, 7) is 2.88. The fourth-order valence-corrected chi connectivity index (χ4v) is 1.91. The van der Waals surface area contributed by atoms with E-state index in [1.54, 1.807) is 0 Å². The highest BCUT2D eigenvalue weighted by Crippen LogP contribution is 2.31. The van der Waals surface area contributed by atoms with E-state index in [0.29, 0.717) is 17.6 Å². The molecule has 2 unspecified atom stereocenters. The van der Waals surface area contributed by atoms with Crippen LogP contribution in [-0.2, 0) is 10.6 Å². The van der Waals surface area contributed by atoms with E-state index < -0.39 is 0 Å². The van der Waals surface area contributed by atoms with Gasteiger partial charge in [0.15, 0.2) is 5.82 Å². The normalized spacial score (nSPS) is 27.0. The topological polar surface area (TPSA) is 48.2 Å². The zero-order valence-corrected chi connectivity index (χ0v) is 8.83. The Bertz CT molecular complexity index is 303. The number of alkyl halides is 1. The number of nitrogens with zero attached hydrogens (tertiary/aromatic N) is 2. The Labute approximate surface area is 87.6 Å². The molecule has 1 saturated heterocycles. The molecule has 1 aromatic heterocycles. The van der Waals surface area contributed by atoms with Gasteiger partial charge in [-0.2, -0.15) is 4.98 Å². The van der Waals surface area contributed by atoms with E-state index in [1.165, 1.54) is 0 Å². The lowest BCUT2D eigenvalue weighted by Crippen LogP contribution is -2.13. The molecule has 0 radical (unpaired) electrons. The molecule has 0 spiro atoms. The molecule has 2 rings (SSSR count). The number of hydrogen-bond donors (Lipinski definition) is 0. The predicted octanol–water partition coefficient (Wildman–Crippen LogP) is 2.09. The largest absolute Gasteiger partial charge is 0.377 e. The SMILES string of the molecule is CCC1OCCC1c1nc(CCl)no1. The van der Waals surface area contributed by atoms with Crippen LogP contribution in [0.5, 0.6) is 0 Å². The first-order chi connectivity index (χ1) is 6.85. The number of ether oxygens (including phenoxy) is 1. The molecular formula is C9H13ClN2O2. The quantitative estimate of drug-likeness (QED) is 0.726. The molecule has 0 aliphatic carbocycles. The van der Waals surface area contributed by atoms with Crippen LogP contribution in [0.15, 0.2) is 4.52 Å². The Hall–Kier alpha value is -0.610. The molecular weight excluding hydrogens is 204 g/mol. The molecule has 2 atom stereocenters. The summed E-state index contributed by atoms with van der Waals surface area (Å²) < 4.78 is 10.7. The molecule has 4 nitrogen and oxygen atoms in total. The maximum absolute atomic E-state index is 5.60. The van der Waals surface area contributed by atoms with Gasteiger partial charge in [-0.3, -0.25) is 0 Å². The van der Waals surface area contributed by atoms with Crippen molar-refractivity contribution >= 4 is 11.6 Å². The van der Waals surface area contributed by atoms with Gasteiger partial charge in [-0.15, -0.1) is 11.6 Å². The summed E-state index contributed by atoms with van der Waals surface area (Å²) in [7, 11) is 0. The van der Waals surface area contributed by atoms with E-state index >= 15 is 0 Å². The second-order valence-electron chi connectivity index (χ2n) is 3.40. The van der Waals surface area contributed by atoms with E-state index in [2.05, 4.69) is 17.1 Å². The summed E-state index contributed by atoms with van der Waals surface area (Å²) in [5.41, 5.74) is 0. The van der Waals surface area contributed by atoms with Gasteiger partial charge < -0.3 is 9.26 Å². The molecule has 1 aromatic rings. The van der Waals surface area contributed by atoms with Crippen LogP contribution in [0.2, 0.25) is 0 Å². The molecule has 0 amide bonds. The first-order valence-corrected chi connectivity index (χ1v) is 5.38. The molecule has 0 bridgehead atoms. The second kappa shape index (κ2) is 4.28. The Morgan fingerprint density at radius 3 is 3.07 bits per heavy atom. The van der Waals surface area contributed by atoms with Crippen molar-refractivity contribution in [3.05, 3.63) is 11.7 Å². The van der Waals surface area contributed by atoms with Crippen LogP contribution in [0.4, 0.5) is 0 Å². The number of aromatic nitrogens is 2. The molecule has 14 heavy (non-hydrogen) atoms. The Balaban J connectivity index is 2.13.